The lowest BCUT2D eigenvalue weighted by molar-refractivity contribution is -0.140. The highest BCUT2D eigenvalue weighted by Crippen LogP contribution is 2.18. The maximum atomic E-state index is 12.4. The Labute approximate surface area is 260 Å². The van der Waals surface area contributed by atoms with Gasteiger partial charge in [0.2, 0.25) is 23.5 Å². The number of hydrogen-bond donors (Lipinski definition) is 4. The minimum Gasteiger partial charge on any atom is -0.347 e. The van der Waals surface area contributed by atoms with E-state index in [-0.39, 0.29) is 19.0 Å². The van der Waals surface area contributed by atoms with Crippen LogP contribution in [-0.4, -0.2) is 72.4 Å². The summed E-state index contributed by atoms with van der Waals surface area (Å²) < 4.78 is 0. The van der Waals surface area contributed by atoms with E-state index in [4.69, 9.17) is 0 Å². The SMILES string of the molecule is CC(C)C.CCC.C[C@H](NC(=O)CNC(=O)c1ccccc1)C(=O)NCC(=O)C(=O)NCC(=O)N1CCc2ccccc2C1. The largest absolute Gasteiger partial charge is 0.347 e. The molecule has 0 aliphatic carbocycles. The highest BCUT2D eigenvalue weighted by atomic mass is 16.2. The lowest BCUT2D eigenvalue weighted by atomic mass is 10.00. The van der Waals surface area contributed by atoms with Gasteiger partial charge < -0.3 is 26.2 Å². The molecule has 1 aliphatic heterocycles. The Morgan fingerprint density at radius 2 is 1.32 bits per heavy atom. The van der Waals surface area contributed by atoms with Crippen LogP contribution in [0.15, 0.2) is 54.6 Å². The fraction of sp³-hybridized carbons (Fsp3) is 0.455. The van der Waals surface area contributed by atoms with Crippen LogP contribution in [0.5, 0.6) is 0 Å². The second-order valence-corrected chi connectivity index (χ2v) is 10.9. The molecule has 2 aromatic rings. The summed E-state index contributed by atoms with van der Waals surface area (Å²) in [5.41, 5.74) is 2.62. The highest BCUT2D eigenvalue weighted by molar-refractivity contribution is 6.37. The zero-order valence-electron chi connectivity index (χ0n) is 26.7. The highest BCUT2D eigenvalue weighted by Gasteiger charge is 2.23. The Balaban J connectivity index is 0.00000125. The molecule has 4 N–H and O–H groups in total. The molecular formula is C33H47N5O6. The third-order valence-electron chi connectivity index (χ3n) is 5.78. The first-order chi connectivity index (χ1) is 20.9. The summed E-state index contributed by atoms with van der Waals surface area (Å²) in [5.74, 6) is -3.13. The van der Waals surface area contributed by atoms with E-state index in [9.17, 15) is 28.8 Å². The molecule has 0 saturated carbocycles. The number of ketones is 1. The van der Waals surface area contributed by atoms with Crippen molar-refractivity contribution in [1.82, 2.24) is 26.2 Å². The molecule has 5 amide bonds. The van der Waals surface area contributed by atoms with Crippen molar-refractivity contribution >= 4 is 35.3 Å². The Morgan fingerprint density at radius 1 is 0.750 bits per heavy atom. The van der Waals surface area contributed by atoms with Crippen molar-refractivity contribution in [2.45, 2.75) is 67.0 Å². The molecule has 1 heterocycles. The normalized spacial score (nSPS) is 12.1. The molecule has 0 spiro atoms. The minimum absolute atomic E-state index is 0.310. The summed E-state index contributed by atoms with van der Waals surface area (Å²) in [6, 6.07) is 15.1. The number of benzene rings is 2. The van der Waals surface area contributed by atoms with Crippen molar-refractivity contribution < 1.29 is 28.8 Å². The summed E-state index contributed by atoms with van der Waals surface area (Å²) in [7, 11) is 0. The number of rotatable bonds is 10. The summed E-state index contributed by atoms with van der Waals surface area (Å²) in [5, 5.41) is 9.40. The van der Waals surface area contributed by atoms with Crippen LogP contribution in [0.3, 0.4) is 0 Å². The number of Topliss-reactive ketones (excluding diaryl/α,β-unsaturated/α-hetero) is 1. The molecule has 11 heteroatoms. The van der Waals surface area contributed by atoms with Gasteiger partial charge in [0, 0.05) is 18.7 Å². The van der Waals surface area contributed by atoms with Gasteiger partial charge in [-0.2, -0.15) is 0 Å². The maximum Gasteiger partial charge on any atom is 0.289 e. The van der Waals surface area contributed by atoms with E-state index < -0.39 is 42.0 Å². The van der Waals surface area contributed by atoms with E-state index >= 15 is 0 Å². The van der Waals surface area contributed by atoms with Crippen molar-refractivity contribution in [1.29, 1.82) is 0 Å². The van der Waals surface area contributed by atoms with Crippen LogP contribution in [0.1, 0.15) is 69.4 Å². The van der Waals surface area contributed by atoms with E-state index in [0.29, 0.717) is 18.7 Å². The van der Waals surface area contributed by atoms with Crippen LogP contribution < -0.4 is 21.3 Å². The predicted molar refractivity (Wildman–Crippen MR) is 169 cm³/mol. The minimum atomic E-state index is -1.01. The molecule has 240 valence electrons. The Kier molecular flexibility index (Phi) is 17.4. The molecule has 1 atom stereocenters. The standard InChI is InChI=1S/C26H29N5O6.C4H10.C3H8/c1-17(30-22(33)14-28-25(36)19-8-3-2-4-9-19)24(35)27-13-21(32)26(37)29-15-23(34)31-12-11-18-7-5-6-10-20(18)16-31;1-4(2)3;1-3-2/h2-10,17H,11-16H2,1H3,(H,27,35)(H,28,36)(H,29,37)(H,30,33);4H,1-3H3;3H2,1-2H3/t17-;;/m0../s1. The summed E-state index contributed by atoms with van der Waals surface area (Å²) in [6.07, 6.45) is 1.97. The number of fused-ring (bicyclic) bond motifs is 1. The molecule has 11 nitrogen and oxygen atoms in total. The number of hydrogen-bond acceptors (Lipinski definition) is 6. The molecule has 44 heavy (non-hydrogen) atoms. The van der Waals surface area contributed by atoms with E-state index in [0.717, 1.165) is 17.9 Å². The van der Waals surface area contributed by atoms with Gasteiger partial charge in [0.15, 0.2) is 0 Å². The van der Waals surface area contributed by atoms with Crippen LogP contribution >= 0.6 is 0 Å². The monoisotopic (exact) mass is 609 g/mol. The number of carbonyl (C=O) groups is 6. The average molecular weight is 610 g/mol. The van der Waals surface area contributed by atoms with Gasteiger partial charge in [-0.05, 0) is 42.5 Å². The molecule has 3 rings (SSSR count). The first-order valence-electron chi connectivity index (χ1n) is 14.9. The molecule has 0 saturated heterocycles. The van der Waals surface area contributed by atoms with Crippen LogP contribution in [0, 0.1) is 5.92 Å². The van der Waals surface area contributed by atoms with Crippen molar-refractivity contribution in [2.24, 2.45) is 5.92 Å². The van der Waals surface area contributed by atoms with Gasteiger partial charge in [0.05, 0.1) is 19.6 Å². The quantitative estimate of drug-likeness (QED) is 0.304. The van der Waals surface area contributed by atoms with Crippen molar-refractivity contribution in [3.63, 3.8) is 0 Å². The summed E-state index contributed by atoms with van der Waals surface area (Å²) in [6.45, 7) is 11.8. The molecular weight excluding hydrogens is 562 g/mol. The molecule has 0 radical (unpaired) electrons. The third-order valence-corrected chi connectivity index (χ3v) is 5.78. The van der Waals surface area contributed by atoms with Gasteiger partial charge in [0.1, 0.15) is 6.04 Å². The fourth-order valence-electron chi connectivity index (χ4n) is 3.69. The van der Waals surface area contributed by atoms with Crippen molar-refractivity contribution in [3.8, 4) is 0 Å². The first-order valence-corrected chi connectivity index (χ1v) is 14.9. The Morgan fingerprint density at radius 3 is 1.93 bits per heavy atom. The van der Waals surface area contributed by atoms with E-state index in [1.165, 1.54) is 18.9 Å². The fourth-order valence-corrected chi connectivity index (χ4v) is 3.69. The molecule has 0 fully saturated rings. The lowest BCUT2D eigenvalue weighted by Gasteiger charge is -2.28. The van der Waals surface area contributed by atoms with Gasteiger partial charge in [-0.1, -0.05) is 83.5 Å². The van der Waals surface area contributed by atoms with Crippen molar-refractivity contribution in [3.05, 3.63) is 71.3 Å². The van der Waals surface area contributed by atoms with Gasteiger partial charge in [-0.15, -0.1) is 0 Å². The number of nitrogens with one attached hydrogen (secondary N) is 4. The van der Waals surface area contributed by atoms with E-state index in [1.54, 1.807) is 35.2 Å². The zero-order chi connectivity index (χ0) is 33.1. The Hall–Kier alpha value is -4.54. The zero-order valence-corrected chi connectivity index (χ0v) is 26.7. The van der Waals surface area contributed by atoms with Gasteiger partial charge in [0.25, 0.3) is 11.8 Å². The van der Waals surface area contributed by atoms with Crippen LogP contribution in [0.25, 0.3) is 0 Å². The topological polar surface area (TPSA) is 154 Å². The van der Waals surface area contributed by atoms with Gasteiger partial charge in [-0.3, -0.25) is 28.8 Å². The predicted octanol–water partition coefficient (Wildman–Crippen LogP) is 2.39. The lowest BCUT2D eigenvalue weighted by Crippen LogP contribution is -2.50. The number of amides is 5. The molecule has 0 bridgehead atoms. The van der Waals surface area contributed by atoms with Crippen molar-refractivity contribution in [2.75, 3.05) is 26.2 Å². The molecule has 0 aromatic heterocycles. The van der Waals surface area contributed by atoms with E-state index in [1.807, 2.05) is 24.3 Å². The molecule has 1 aliphatic rings. The van der Waals surface area contributed by atoms with E-state index in [2.05, 4.69) is 55.9 Å². The van der Waals surface area contributed by atoms with Gasteiger partial charge in [-0.25, -0.2) is 0 Å². The number of nitrogens with zero attached hydrogens (tertiary/aromatic N) is 1. The Bertz CT molecular complexity index is 1250. The average Bonchev–Trinajstić information content (AvgIpc) is 3.01. The first kappa shape index (κ1) is 37.5. The second kappa shape index (κ2) is 20.4. The van der Waals surface area contributed by atoms with Gasteiger partial charge >= 0.3 is 0 Å². The second-order valence-electron chi connectivity index (χ2n) is 10.9. The third kappa shape index (κ3) is 14.6. The van der Waals surface area contributed by atoms with Crippen LogP contribution in [0.4, 0.5) is 0 Å². The number of carbonyl (C=O) groups excluding carboxylic acids is 6. The maximum absolute atomic E-state index is 12.4. The summed E-state index contributed by atoms with van der Waals surface area (Å²) in [4.78, 5) is 74.3. The molecule has 2 aromatic carbocycles. The summed E-state index contributed by atoms with van der Waals surface area (Å²) >= 11 is 0. The smallest absolute Gasteiger partial charge is 0.289 e. The molecule has 0 unspecified atom stereocenters. The van der Waals surface area contributed by atoms with Crippen LogP contribution in [-0.2, 0) is 36.9 Å². The van der Waals surface area contributed by atoms with Crippen LogP contribution in [0.2, 0.25) is 0 Å².